The van der Waals surface area contributed by atoms with Crippen LogP contribution in [0.1, 0.15) is 27.5 Å². The Morgan fingerprint density at radius 1 is 1.17 bits per heavy atom. The Hall–Kier alpha value is -3.88. The molecular weight excluding hydrogens is 471 g/mol. The van der Waals surface area contributed by atoms with Crippen molar-refractivity contribution in [3.05, 3.63) is 76.3 Å². The van der Waals surface area contributed by atoms with E-state index in [2.05, 4.69) is 21.4 Å². The summed E-state index contributed by atoms with van der Waals surface area (Å²) in [7, 11) is 1.52. The molecule has 0 aliphatic rings. The van der Waals surface area contributed by atoms with Crippen LogP contribution in [0.4, 0.5) is 14.9 Å². The molecule has 0 aliphatic heterocycles. The summed E-state index contributed by atoms with van der Waals surface area (Å²) in [4.78, 5) is 37.4. The summed E-state index contributed by atoms with van der Waals surface area (Å²) < 4.78 is 19.1. The number of carbonyl (C=O) groups excluding carboxylic acids is 2. The first-order valence-corrected chi connectivity index (χ1v) is 11.7. The molecule has 0 aliphatic carbocycles. The molecule has 0 radical (unpaired) electrons. The quantitative estimate of drug-likeness (QED) is 0.431. The summed E-state index contributed by atoms with van der Waals surface area (Å²) in [5.74, 6) is -0.855. The number of nitriles is 1. The second kappa shape index (κ2) is 13.1. The molecule has 182 valence electrons. The van der Waals surface area contributed by atoms with E-state index in [0.29, 0.717) is 11.6 Å². The maximum absolute atomic E-state index is 14.0. The molecule has 0 spiro atoms. The second-order valence-corrected chi connectivity index (χ2v) is 8.39. The minimum atomic E-state index is -0.541. The third kappa shape index (κ3) is 7.56. The van der Waals surface area contributed by atoms with Crippen LogP contribution in [0.15, 0.2) is 54.2 Å². The molecule has 2 heterocycles. The van der Waals surface area contributed by atoms with E-state index < -0.39 is 11.8 Å². The smallest absolute Gasteiger partial charge is 0.322 e. The van der Waals surface area contributed by atoms with Crippen LogP contribution in [-0.4, -0.2) is 58.5 Å². The van der Waals surface area contributed by atoms with Gasteiger partial charge in [-0.15, -0.1) is 11.3 Å². The van der Waals surface area contributed by atoms with Gasteiger partial charge in [0.1, 0.15) is 16.5 Å². The van der Waals surface area contributed by atoms with Gasteiger partial charge >= 0.3 is 6.03 Å². The van der Waals surface area contributed by atoms with Gasteiger partial charge in [0, 0.05) is 44.5 Å². The molecule has 3 amide bonds. The van der Waals surface area contributed by atoms with E-state index in [1.165, 1.54) is 41.5 Å². The van der Waals surface area contributed by atoms with Gasteiger partial charge in [-0.3, -0.25) is 9.78 Å². The number of halogens is 1. The first-order chi connectivity index (χ1) is 17.0. The third-order valence-corrected chi connectivity index (χ3v) is 5.78. The number of carbonyl (C=O) groups is 2. The lowest BCUT2D eigenvalue weighted by Crippen LogP contribution is -2.37. The minimum absolute atomic E-state index is 0.0680. The topological polar surface area (TPSA) is 111 Å². The summed E-state index contributed by atoms with van der Waals surface area (Å²) in [6, 6.07) is 11.1. The second-order valence-electron chi connectivity index (χ2n) is 7.45. The summed E-state index contributed by atoms with van der Waals surface area (Å²) in [6.07, 6.45) is 3.50. The van der Waals surface area contributed by atoms with E-state index in [1.807, 2.05) is 6.07 Å². The maximum Gasteiger partial charge on any atom is 0.322 e. The van der Waals surface area contributed by atoms with Crippen molar-refractivity contribution in [1.82, 2.24) is 19.8 Å². The summed E-state index contributed by atoms with van der Waals surface area (Å²) in [5, 5.41) is 13.7. The van der Waals surface area contributed by atoms with Crippen molar-refractivity contribution in [2.24, 2.45) is 0 Å². The monoisotopic (exact) mass is 496 g/mol. The van der Waals surface area contributed by atoms with Crippen LogP contribution in [0.25, 0.3) is 0 Å². The molecule has 0 unspecified atom stereocenters. The molecule has 0 saturated heterocycles. The van der Waals surface area contributed by atoms with E-state index in [9.17, 15) is 14.0 Å². The zero-order valence-corrected chi connectivity index (χ0v) is 20.0. The lowest BCUT2D eigenvalue weighted by atomic mass is 10.2. The fourth-order valence-corrected chi connectivity index (χ4v) is 3.95. The Morgan fingerprint density at radius 2 is 2.00 bits per heavy atom. The number of nitrogens with zero attached hydrogens (tertiary/aromatic N) is 5. The predicted octanol–water partition coefficient (Wildman–Crippen LogP) is 3.91. The Kier molecular flexibility index (Phi) is 9.65. The summed E-state index contributed by atoms with van der Waals surface area (Å²) in [5.41, 5.74) is 1.14. The number of nitrogens with one attached hydrogen (secondary N) is 1. The van der Waals surface area contributed by atoms with Gasteiger partial charge in [0.05, 0.1) is 31.3 Å². The molecule has 0 saturated carbocycles. The van der Waals surface area contributed by atoms with Crippen molar-refractivity contribution in [2.45, 2.75) is 19.5 Å². The summed E-state index contributed by atoms with van der Waals surface area (Å²) in [6.45, 7) is 1.18. The Morgan fingerprint density at radius 3 is 2.71 bits per heavy atom. The van der Waals surface area contributed by atoms with Crippen LogP contribution in [0.3, 0.4) is 0 Å². The molecule has 0 fully saturated rings. The average Bonchev–Trinajstić information content (AvgIpc) is 3.34. The SMILES string of the molecule is COCCN(Cc1nc(C(=O)N(CCC#N)Cc2cccnc2)cs1)C(=O)Nc1ccccc1F. The number of hydrogen-bond donors (Lipinski definition) is 1. The number of anilines is 1. The zero-order valence-electron chi connectivity index (χ0n) is 19.2. The fraction of sp³-hybridized carbons (Fsp3) is 0.292. The highest BCUT2D eigenvalue weighted by molar-refractivity contribution is 7.09. The summed E-state index contributed by atoms with van der Waals surface area (Å²) >= 11 is 1.24. The Labute approximate surface area is 206 Å². The van der Waals surface area contributed by atoms with Crippen LogP contribution >= 0.6 is 11.3 Å². The third-order valence-electron chi connectivity index (χ3n) is 4.94. The predicted molar refractivity (Wildman–Crippen MR) is 129 cm³/mol. The van der Waals surface area contributed by atoms with Crippen molar-refractivity contribution < 1.29 is 18.7 Å². The van der Waals surface area contributed by atoms with E-state index in [-0.39, 0.29) is 50.0 Å². The number of urea groups is 1. The minimum Gasteiger partial charge on any atom is -0.383 e. The number of para-hydroxylation sites is 1. The molecule has 11 heteroatoms. The van der Waals surface area contributed by atoms with E-state index in [0.717, 1.165) is 5.56 Å². The molecule has 1 N–H and O–H groups in total. The van der Waals surface area contributed by atoms with Gasteiger partial charge in [0.2, 0.25) is 0 Å². The number of benzene rings is 1. The molecule has 35 heavy (non-hydrogen) atoms. The molecule has 3 aromatic rings. The first-order valence-electron chi connectivity index (χ1n) is 10.8. The zero-order chi connectivity index (χ0) is 25.0. The van der Waals surface area contributed by atoms with Gasteiger partial charge in [-0.05, 0) is 23.8 Å². The molecule has 2 aromatic heterocycles. The maximum atomic E-state index is 14.0. The van der Waals surface area contributed by atoms with Gasteiger partial charge < -0.3 is 19.9 Å². The number of methoxy groups -OCH3 is 1. The van der Waals surface area contributed by atoms with Crippen molar-refractivity contribution in [2.75, 3.05) is 32.1 Å². The van der Waals surface area contributed by atoms with Gasteiger partial charge in [0.25, 0.3) is 5.91 Å². The van der Waals surface area contributed by atoms with Crippen LogP contribution in [0, 0.1) is 17.1 Å². The van der Waals surface area contributed by atoms with Crippen molar-refractivity contribution in [3.8, 4) is 6.07 Å². The number of aromatic nitrogens is 2. The standard InChI is InChI=1S/C24H25FN6O3S/c1-34-13-12-31(24(33)29-20-8-3-2-7-19(20)25)16-22-28-21(17-35-22)23(32)30(11-5-9-26)15-18-6-4-10-27-14-18/h2-4,6-8,10,14,17H,5,11-13,15-16H2,1H3,(H,29,33). The van der Waals surface area contributed by atoms with Crippen molar-refractivity contribution >= 4 is 29.0 Å². The molecule has 3 rings (SSSR count). The number of amides is 3. The highest BCUT2D eigenvalue weighted by atomic mass is 32.1. The number of ether oxygens (including phenoxy) is 1. The molecule has 9 nitrogen and oxygen atoms in total. The average molecular weight is 497 g/mol. The Balaban J connectivity index is 1.72. The largest absolute Gasteiger partial charge is 0.383 e. The highest BCUT2D eigenvalue weighted by Gasteiger charge is 2.22. The van der Waals surface area contributed by atoms with Crippen LogP contribution in [-0.2, 0) is 17.8 Å². The molecule has 0 bridgehead atoms. The molecule has 1 aromatic carbocycles. The van der Waals surface area contributed by atoms with Crippen molar-refractivity contribution in [3.63, 3.8) is 0 Å². The van der Waals surface area contributed by atoms with E-state index >= 15 is 0 Å². The number of pyridine rings is 1. The number of hydrogen-bond acceptors (Lipinski definition) is 7. The van der Waals surface area contributed by atoms with Crippen LogP contribution in [0.2, 0.25) is 0 Å². The lowest BCUT2D eigenvalue weighted by molar-refractivity contribution is 0.0741. The fourth-order valence-electron chi connectivity index (χ4n) is 3.17. The highest BCUT2D eigenvalue weighted by Crippen LogP contribution is 2.18. The molecule has 0 atom stereocenters. The number of thiazole rings is 1. The van der Waals surface area contributed by atoms with Gasteiger partial charge in [-0.2, -0.15) is 5.26 Å². The normalized spacial score (nSPS) is 10.4. The molecular formula is C24H25FN6O3S. The lowest BCUT2D eigenvalue weighted by Gasteiger charge is -2.22. The van der Waals surface area contributed by atoms with Gasteiger partial charge in [-0.25, -0.2) is 14.2 Å². The van der Waals surface area contributed by atoms with Crippen LogP contribution in [0.5, 0.6) is 0 Å². The first kappa shape index (κ1) is 25.7. The number of rotatable bonds is 11. The Bertz CT molecular complexity index is 1170. The van der Waals surface area contributed by atoms with Crippen molar-refractivity contribution in [1.29, 1.82) is 5.26 Å². The van der Waals surface area contributed by atoms with Crippen LogP contribution < -0.4 is 5.32 Å². The van der Waals surface area contributed by atoms with E-state index in [1.54, 1.807) is 34.8 Å². The van der Waals surface area contributed by atoms with E-state index in [4.69, 9.17) is 10.00 Å². The van der Waals surface area contributed by atoms with Gasteiger partial charge in [-0.1, -0.05) is 18.2 Å². The van der Waals surface area contributed by atoms with Gasteiger partial charge in [0.15, 0.2) is 0 Å².